The summed E-state index contributed by atoms with van der Waals surface area (Å²) >= 11 is 1.22. The molecule has 0 spiro atoms. The normalized spacial score (nSPS) is 10.9. The van der Waals surface area contributed by atoms with E-state index >= 15 is 0 Å². The van der Waals surface area contributed by atoms with Gasteiger partial charge in [0.05, 0.1) is 11.2 Å². The van der Waals surface area contributed by atoms with Crippen molar-refractivity contribution in [3.8, 4) is 11.3 Å². The monoisotopic (exact) mass is 394 g/mol. The van der Waals surface area contributed by atoms with Gasteiger partial charge in [-0.3, -0.25) is 19.6 Å². The lowest BCUT2D eigenvalue weighted by atomic mass is 10.2. The molecule has 6 nitrogen and oxygen atoms in total. The van der Waals surface area contributed by atoms with Crippen molar-refractivity contribution in [3.63, 3.8) is 0 Å². The van der Waals surface area contributed by atoms with Crippen LogP contribution in [0.1, 0.15) is 17.4 Å². The number of hydrogen-bond acceptors (Lipinski definition) is 5. The number of halogens is 1. The van der Waals surface area contributed by atoms with Crippen LogP contribution in [0.25, 0.3) is 22.2 Å². The fraction of sp³-hybridized carbons (Fsp3) is 0.100. The molecule has 1 N–H and O–H groups in total. The molecule has 28 heavy (non-hydrogen) atoms. The highest BCUT2D eigenvalue weighted by Gasteiger charge is 2.18. The minimum atomic E-state index is -0.613. The third-order valence-electron chi connectivity index (χ3n) is 4.24. The number of rotatable bonds is 4. The number of nitrogens with one attached hydrogen (secondary N) is 1. The predicted molar refractivity (Wildman–Crippen MR) is 107 cm³/mol. The van der Waals surface area contributed by atoms with Crippen LogP contribution in [0.15, 0.2) is 58.7 Å². The molecule has 0 aliphatic heterocycles. The maximum absolute atomic E-state index is 13.1. The largest absolute Gasteiger partial charge is 0.296 e. The maximum Gasteiger partial charge on any atom is 0.281 e. The van der Waals surface area contributed by atoms with E-state index < -0.39 is 11.3 Å². The highest BCUT2D eigenvalue weighted by atomic mass is 32.1. The Hall–Kier alpha value is -3.39. The molecule has 0 unspecified atom stereocenters. The molecule has 2 aromatic heterocycles. The van der Waals surface area contributed by atoms with Crippen LogP contribution >= 0.6 is 11.3 Å². The van der Waals surface area contributed by atoms with Gasteiger partial charge in [0.2, 0.25) is 5.43 Å². The number of amides is 1. The van der Waals surface area contributed by atoms with Gasteiger partial charge in [0.25, 0.3) is 5.91 Å². The molecule has 4 rings (SSSR count). The molecule has 0 fully saturated rings. The van der Waals surface area contributed by atoms with Gasteiger partial charge in [-0.15, -0.1) is 11.3 Å². The van der Waals surface area contributed by atoms with E-state index in [1.54, 1.807) is 40.4 Å². The first-order valence-corrected chi connectivity index (χ1v) is 9.47. The van der Waals surface area contributed by atoms with E-state index in [2.05, 4.69) is 15.4 Å². The lowest BCUT2D eigenvalue weighted by Gasteiger charge is -2.09. The van der Waals surface area contributed by atoms with Crippen LogP contribution < -0.4 is 10.7 Å². The van der Waals surface area contributed by atoms with Gasteiger partial charge < -0.3 is 0 Å². The number of aryl methyl sites for hydroxylation is 1. The smallest absolute Gasteiger partial charge is 0.281 e. The van der Waals surface area contributed by atoms with Crippen molar-refractivity contribution in [3.05, 3.63) is 75.6 Å². The Bertz CT molecular complexity index is 1230. The van der Waals surface area contributed by atoms with E-state index in [4.69, 9.17) is 0 Å². The number of hydrogen-bond donors (Lipinski definition) is 1. The summed E-state index contributed by atoms with van der Waals surface area (Å²) in [6.45, 7) is 2.41. The first-order valence-electron chi connectivity index (χ1n) is 8.59. The molecule has 140 valence electrons. The van der Waals surface area contributed by atoms with Crippen molar-refractivity contribution in [1.82, 2.24) is 14.8 Å². The second-order valence-corrected chi connectivity index (χ2v) is 6.87. The van der Waals surface area contributed by atoms with E-state index in [9.17, 15) is 14.0 Å². The number of anilines is 1. The molecule has 2 heterocycles. The van der Waals surface area contributed by atoms with E-state index in [1.807, 2.05) is 13.0 Å². The summed E-state index contributed by atoms with van der Waals surface area (Å²) in [6, 6.07) is 13.0. The fourth-order valence-electron chi connectivity index (χ4n) is 2.87. The maximum atomic E-state index is 13.1. The molecule has 8 heteroatoms. The highest BCUT2D eigenvalue weighted by molar-refractivity contribution is 7.14. The first kappa shape index (κ1) is 18.0. The van der Waals surface area contributed by atoms with Gasteiger partial charge in [-0.05, 0) is 43.3 Å². The van der Waals surface area contributed by atoms with Gasteiger partial charge >= 0.3 is 0 Å². The first-order chi connectivity index (χ1) is 13.6. The Labute approximate surface area is 163 Å². The van der Waals surface area contributed by atoms with Gasteiger partial charge in [0.1, 0.15) is 5.82 Å². The van der Waals surface area contributed by atoms with Gasteiger partial charge in [-0.1, -0.05) is 12.1 Å². The lowest BCUT2D eigenvalue weighted by molar-refractivity contribution is 0.101. The highest BCUT2D eigenvalue weighted by Crippen LogP contribution is 2.25. The average Bonchev–Trinajstić information content (AvgIpc) is 3.17. The standard InChI is InChI=1S/C20H15FN4O2S/c1-2-25-16-6-4-3-5-14(16)18(26)17(24-25)19(27)23-20-22-15(11-28-20)12-7-9-13(21)10-8-12/h3-11H,2H2,1H3,(H,22,23,27). The van der Waals surface area contributed by atoms with Gasteiger partial charge in [-0.25, -0.2) is 9.37 Å². The van der Waals surface area contributed by atoms with Crippen LogP contribution in [0.5, 0.6) is 0 Å². The Kier molecular flexibility index (Phi) is 4.70. The Morgan fingerprint density at radius 1 is 1.18 bits per heavy atom. The second kappa shape index (κ2) is 7.32. The van der Waals surface area contributed by atoms with Crippen molar-refractivity contribution < 1.29 is 9.18 Å². The Morgan fingerprint density at radius 3 is 2.68 bits per heavy atom. The summed E-state index contributed by atoms with van der Waals surface area (Å²) in [5, 5.41) is 9.38. The summed E-state index contributed by atoms with van der Waals surface area (Å²) in [5.74, 6) is -0.944. The van der Waals surface area contributed by atoms with Crippen LogP contribution in [0, 0.1) is 5.82 Å². The molecule has 0 aliphatic carbocycles. The van der Waals surface area contributed by atoms with Gasteiger partial charge in [0.15, 0.2) is 10.8 Å². The summed E-state index contributed by atoms with van der Waals surface area (Å²) < 4.78 is 14.7. The third-order valence-corrected chi connectivity index (χ3v) is 5.00. The fourth-order valence-corrected chi connectivity index (χ4v) is 3.58. The predicted octanol–water partition coefficient (Wildman–Crippen LogP) is 3.93. The molecule has 0 saturated carbocycles. The molecule has 4 aromatic rings. The Balaban J connectivity index is 1.65. The van der Waals surface area contributed by atoms with Crippen molar-refractivity contribution >= 4 is 33.3 Å². The molecular formula is C20H15FN4O2S. The SMILES string of the molecule is CCn1nc(C(=O)Nc2nc(-c3ccc(F)cc3)cs2)c(=O)c2ccccc21. The van der Waals surface area contributed by atoms with E-state index in [1.165, 1.54) is 23.5 Å². The molecule has 1 amide bonds. The number of fused-ring (bicyclic) bond motifs is 1. The number of thiazole rings is 1. The molecular weight excluding hydrogens is 379 g/mol. The number of benzene rings is 2. The zero-order valence-electron chi connectivity index (χ0n) is 14.8. The van der Waals surface area contributed by atoms with Crippen molar-refractivity contribution in [2.24, 2.45) is 0 Å². The molecule has 0 saturated heterocycles. The molecule has 0 atom stereocenters. The molecule has 2 aromatic carbocycles. The zero-order valence-corrected chi connectivity index (χ0v) is 15.7. The minimum absolute atomic E-state index is 0.181. The molecule has 0 radical (unpaired) electrons. The van der Waals surface area contributed by atoms with Crippen LogP contribution in [0.2, 0.25) is 0 Å². The number of para-hydroxylation sites is 1. The van der Waals surface area contributed by atoms with Gasteiger partial charge in [0, 0.05) is 22.9 Å². The third kappa shape index (κ3) is 3.29. The Morgan fingerprint density at radius 2 is 1.93 bits per heavy atom. The van der Waals surface area contributed by atoms with Crippen molar-refractivity contribution in [2.75, 3.05) is 5.32 Å². The molecule has 0 aliphatic rings. The van der Waals surface area contributed by atoms with Crippen LogP contribution in [-0.4, -0.2) is 20.7 Å². The summed E-state index contributed by atoms with van der Waals surface area (Å²) in [5.41, 5.74) is 1.42. The van der Waals surface area contributed by atoms with Crippen LogP contribution in [0.4, 0.5) is 9.52 Å². The number of aromatic nitrogens is 3. The quantitative estimate of drug-likeness (QED) is 0.569. The zero-order chi connectivity index (χ0) is 19.7. The van der Waals surface area contributed by atoms with E-state index in [-0.39, 0.29) is 11.5 Å². The second-order valence-electron chi connectivity index (χ2n) is 6.01. The minimum Gasteiger partial charge on any atom is -0.296 e. The lowest BCUT2D eigenvalue weighted by Crippen LogP contribution is -2.27. The number of nitrogens with zero attached hydrogens (tertiary/aromatic N) is 3. The summed E-state index contributed by atoms with van der Waals surface area (Å²) in [6.07, 6.45) is 0. The summed E-state index contributed by atoms with van der Waals surface area (Å²) in [7, 11) is 0. The number of carbonyl (C=O) groups is 1. The van der Waals surface area contributed by atoms with Crippen LogP contribution in [0.3, 0.4) is 0 Å². The van der Waals surface area contributed by atoms with Crippen LogP contribution in [-0.2, 0) is 6.54 Å². The molecule has 0 bridgehead atoms. The summed E-state index contributed by atoms with van der Waals surface area (Å²) in [4.78, 5) is 29.7. The van der Waals surface area contributed by atoms with Crippen molar-refractivity contribution in [1.29, 1.82) is 0 Å². The van der Waals surface area contributed by atoms with Crippen molar-refractivity contribution in [2.45, 2.75) is 13.5 Å². The van der Waals surface area contributed by atoms with E-state index in [0.717, 1.165) is 5.56 Å². The average molecular weight is 394 g/mol. The van der Waals surface area contributed by atoms with Gasteiger partial charge in [-0.2, -0.15) is 5.10 Å². The number of carbonyl (C=O) groups excluding carboxylic acids is 1. The van der Waals surface area contributed by atoms with E-state index in [0.29, 0.717) is 28.3 Å². The topological polar surface area (TPSA) is 76.9 Å².